The van der Waals surface area contributed by atoms with Gasteiger partial charge < -0.3 is 24.6 Å². The summed E-state index contributed by atoms with van der Waals surface area (Å²) in [6, 6.07) is 0. The first-order valence-corrected chi connectivity index (χ1v) is 0. The summed E-state index contributed by atoms with van der Waals surface area (Å²) in [5, 5.41) is 0. The van der Waals surface area contributed by atoms with Gasteiger partial charge in [-0.3, -0.25) is 0 Å². The van der Waals surface area contributed by atoms with Crippen molar-refractivity contribution in [3.8, 4) is 0 Å². The fraction of sp³-hybridized carbons (Fsp3) is 0. The van der Waals surface area contributed by atoms with Gasteiger partial charge in [0.1, 0.15) is 0 Å². The van der Waals surface area contributed by atoms with E-state index in [-0.39, 0.29) is 148 Å². The molecular weight excluding hydrogens is 503 g/mol. The van der Waals surface area contributed by atoms with E-state index >= 15 is 0 Å². The van der Waals surface area contributed by atoms with Gasteiger partial charge in [-0.2, -0.15) is 0 Å². The molecule has 0 N–H and O–H groups in total. The van der Waals surface area contributed by atoms with Crippen LogP contribution in [-0.2, 0) is 124 Å². The Balaban J connectivity index is 0. The van der Waals surface area contributed by atoms with Crippen molar-refractivity contribution in [3.05, 3.63) is 24.6 Å². The number of hydrogen-bond acceptors (Lipinski definition) is 0. The van der Waals surface area contributed by atoms with Crippen LogP contribution in [0, 0.1) is 0 Å². The molecule has 0 aromatic carbocycles. The minimum atomic E-state index is 0. The Morgan fingerprint density at radius 2 is 0.300 bits per heavy atom. The summed E-state index contributed by atoms with van der Waals surface area (Å²) in [7, 11) is 0. The van der Waals surface area contributed by atoms with Gasteiger partial charge in [0, 0.05) is 58.4 Å². The van der Waals surface area contributed by atoms with Gasteiger partial charge in [0.25, 0.3) is 0 Å². The van der Waals surface area contributed by atoms with Crippen LogP contribution in [0.15, 0.2) is 0 Å². The van der Waals surface area contributed by atoms with Crippen molar-refractivity contribution >= 4 is 0 Å². The van der Waals surface area contributed by atoms with Crippen LogP contribution >= 0.6 is 0 Å². The maximum atomic E-state index is 0. The molecule has 0 aromatic rings. The molecule has 0 spiro atoms. The number of rotatable bonds is 0. The molecule has 10 heavy (non-hydrogen) atoms. The smallest absolute Gasteiger partial charge is 3.00 e. The van der Waals surface area contributed by atoms with Crippen molar-refractivity contribution in [1.29, 1.82) is 0 Å². The second kappa shape index (κ2) is 122. The third-order valence-electron chi connectivity index (χ3n) is 0. The first-order chi connectivity index (χ1) is 0. The van der Waals surface area contributed by atoms with Crippen LogP contribution in [-0.4, -0.2) is 0 Å². The molecule has 0 aliphatic carbocycles. The van der Waals surface area contributed by atoms with Crippen LogP contribution in [0.4, 0.5) is 0 Å². The summed E-state index contributed by atoms with van der Waals surface area (Å²) < 4.78 is 0. The van der Waals surface area contributed by atoms with Gasteiger partial charge in [0.05, 0.1) is 0 Å². The van der Waals surface area contributed by atoms with E-state index in [1.54, 1.807) is 0 Å². The van der Waals surface area contributed by atoms with Crippen molar-refractivity contribution in [2.75, 3.05) is 0 Å². The van der Waals surface area contributed by atoms with Gasteiger partial charge in [0.2, 0.25) is 0 Å². The molecule has 10 heteroatoms. The van der Waals surface area contributed by atoms with Crippen molar-refractivity contribution in [2.45, 2.75) is 0 Å². The Morgan fingerprint density at radius 3 is 0.300 bits per heavy atom. The quantitative estimate of drug-likeness (QED) is 0.441. The van der Waals surface area contributed by atoms with Gasteiger partial charge in [-0.15, -0.1) is 0 Å². The van der Waals surface area contributed by atoms with Crippen molar-refractivity contribution in [2.24, 2.45) is 0 Å². The second-order valence-corrected chi connectivity index (χ2v) is 0. The van der Waals surface area contributed by atoms with Gasteiger partial charge >= 0.3 is 65.2 Å². The second-order valence-electron chi connectivity index (χ2n) is 0. The van der Waals surface area contributed by atoms with Crippen molar-refractivity contribution in [3.63, 3.8) is 0 Å². The van der Waals surface area contributed by atoms with E-state index in [9.17, 15) is 0 Å². The van der Waals surface area contributed by atoms with Crippen molar-refractivity contribution in [1.82, 2.24) is 0 Å². The third kappa shape index (κ3) is 94.0. The maximum Gasteiger partial charge on any atom is 4.00 e. The van der Waals surface area contributed by atoms with E-state index in [0.717, 1.165) is 0 Å². The zero-order chi connectivity index (χ0) is 0. The molecule has 0 aliphatic rings. The Labute approximate surface area is 146 Å². The van der Waals surface area contributed by atoms with Crippen LogP contribution in [0.1, 0.15) is 0 Å². The fourth-order valence-electron chi connectivity index (χ4n) is 0. The Bertz CT molecular complexity index is 15.7. The average Bonchev–Trinajstić information content (AvgIpc) is 0. The summed E-state index contributed by atoms with van der Waals surface area (Å²) in [4.78, 5) is 0. The first-order valence-electron chi connectivity index (χ1n) is 0. The summed E-state index contributed by atoms with van der Waals surface area (Å²) in [6.45, 7) is 0. The van der Waals surface area contributed by atoms with Gasteiger partial charge in [-0.1, -0.05) is 0 Å². The van der Waals surface area contributed by atoms with Gasteiger partial charge in [0.15, 0.2) is 0 Å². The molecular formula is N4Ru3Ti3. The predicted molar refractivity (Wildman–Crippen MR) is 13.4 cm³/mol. The Kier molecular flexibility index (Phi) is 1880. The molecule has 0 saturated heterocycles. The zero-order valence-electron chi connectivity index (χ0n) is 4.35. The van der Waals surface area contributed by atoms with Crippen LogP contribution in [0.5, 0.6) is 0 Å². The van der Waals surface area contributed by atoms with E-state index in [2.05, 4.69) is 0 Å². The SMILES string of the molecule is [N-3].[N-3].[N-3].[N-3].[Ru].[Ru].[Ru].[Ti+4].[Ti+4].[Ti+4]. The molecule has 0 fully saturated rings. The van der Waals surface area contributed by atoms with E-state index in [1.165, 1.54) is 0 Å². The topological polar surface area (TPSA) is 122 Å². The van der Waals surface area contributed by atoms with Crippen LogP contribution < -0.4 is 0 Å². The third-order valence-corrected chi connectivity index (χ3v) is 0. The molecule has 0 radical (unpaired) electrons. The molecule has 0 saturated carbocycles. The van der Waals surface area contributed by atoms with Crippen LogP contribution in [0.25, 0.3) is 24.6 Å². The summed E-state index contributed by atoms with van der Waals surface area (Å²) >= 11 is 0. The molecule has 0 bridgehead atoms. The molecule has 0 atom stereocenters. The van der Waals surface area contributed by atoms with Crippen LogP contribution in [0.2, 0.25) is 0 Å². The van der Waals surface area contributed by atoms with E-state index < -0.39 is 0 Å². The predicted octanol–water partition coefficient (Wildman–Crippen LogP) is 1.14. The van der Waals surface area contributed by atoms with E-state index in [4.69, 9.17) is 0 Å². The Morgan fingerprint density at radius 1 is 0.300 bits per heavy atom. The van der Waals surface area contributed by atoms with Crippen molar-refractivity contribution < 1.29 is 124 Å². The van der Waals surface area contributed by atoms with Crippen LogP contribution in [0.3, 0.4) is 0 Å². The van der Waals surface area contributed by atoms with E-state index in [1.807, 2.05) is 0 Å². The first kappa shape index (κ1) is 154. The molecule has 4 nitrogen and oxygen atoms in total. The molecule has 56 valence electrons. The minimum absolute atomic E-state index is 0. The summed E-state index contributed by atoms with van der Waals surface area (Å²) in [6.07, 6.45) is 0. The molecule has 0 aliphatic heterocycles. The minimum Gasteiger partial charge on any atom is -3.00 e. The molecule has 0 unspecified atom stereocenters. The molecule has 0 rings (SSSR count). The number of hydrogen-bond donors (Lipinski definition) is 0. The van der Waals surface area contributed by atoms with Gasteiger partial charge in [-0.25, -0.2) is 0 Å². The fourth-order valence-corrected chi connectivity index (χ4v) is 0. The normalized spacial score (nSPS) is 0. The largest absolute Gasteiger partial charge is 4.00 e. The molecule has 0 heterocycles. The zero-order valence-corrected chi connectivity index (χ0v) is 14.2. The standard InChI is InChI=1S/4N.3Ru.3Ti/q4*-3;;;;3*+4. The van der Waals surface area contributed by atoms with E-state index in [0.29, 0.717) is 0 Å². The summed E-state index contributed by atoms with van der Waals surface area (Å²) in [5.74, 6) is 0. The Hall–Kier alpha value is 3.85. The monoisotopic (exact) mass is 506 g/mol. The average molecular weight is 503 g/mol. The molecule has 0 aromatic heterocycles. The van der Waals surface area contributed by atoms with Gasteiger partial charge in [-0.05, 0) is 0 Å². The molecule has 0 amide bonds. The summed E-state index contributed by atoms with van der Waals surface area (Å²) in [5.41, 5.74) is 0. The number of nitrogens with zero attached hydrogens (tertiary/aromatic N) is 4. The maximum absolute atomic E-state index is 0.